The fourth-order valence-electron chi connectivity index (χ4n) is 4.40. The summed E-state index contributed by atoms with van der Waals surface area (Å²) >= 11 is 0. The van der Waals surface area contributed by atoms with Crippen molar-refractivity contribution in [1.29, 1.82) is 0 Å². The molecular weight excluding hydrogens is 414 g/mol. The number of benzene rings is 2. The lowest BCUT2D eigenvalue weighted by molar-refractivity contribution is -0.130. The fraction of sp³-hybridized carbons (Fsp3) is 0.478. The lowest BCUT2D eigenvalue weighted by Crippen LogP contribution is -2.43. The van der Waals surface area contributed by atoms with Gasteiger partial charge in [0.05, 0.1) is 4.90 Å². The quantitative estimate of drug-likeness (QED) is 0.743. The number of nitrogens with one attached hydrogen (secondary N) is 1. The molecule has 31 heavy (non-hydrogen) atoms. The van der Waals surface area contributed by atoms with Gasteiger partial charge in [0.1, 0.15) is 0 Å². The Bertz CT molecular complexity index is 1060. The van der Waals surface area contributed by atoms with Gasteiger partial charge >= 0.3 is 0 Å². The normalized spacial score (nSPS) is 18.4. The maximum Gasteiger partial charge on any atom is 0.243 e. The Morgan fingerprint density at radius 1 is 0.935 bits per heavy atom. The van der Waals surface area contributed by atoms with Crippen molar-refractivity contribution in [1.82, 2.24) is 14.5 Å². The second kappa shape index (κ2) is 9.36. The summed E-state index contributed by atoms with van der Waals surface area (Å²) in [7, 11) is -3.59. The summed E-state index contributed by atoms with van der Waals surface area (Å²) in [5.41, 5.74) is 0. The van der Waals surface area contributed by atoms with Gasteiger partial charge < -0.3 is 10.2 Å². The molecule has 4 rings (SSSR count). The molecule has 2 aliphatic heterocycles. The van der Waals surface area contributed by atoms with Gasteiger partial charge in [0.15, 0.2) is 0 Å². The number of rotatable bonds is 6. The van der Waals surface area contributed by atoms with Crippen LogP contribution in [0.2, 0.25) is 0 Å². The lowest BCUT2D eigenvalue weighted by Gasteiger charge is -2.30. The molecule has 2 aromatic carbocycles. The first-order chi connectivity index (χ1) is 14.9. The highest BCUT2D eigenvalue weighted by Crippen LogP contribution is 2.26. The first kappa shape index (κ1) is 21.8. The number of likely N-dealkylation sites (tertiary alicyclic amines) is 1. The number of carbonyl (C=O) groups excluding carboxylic acids is 2. The number of piperidine rings is 1. The van der Waals surface area contributed by atoms with Gasteiger partial charge in [-0.25, -0.2) is 8.42 Å². The van der Waals surface area contributed by atoms with Crippen LogP contribution in [0.25, 0.3) is 10.8 Å². The Labute approximate surface area is 183 Å². The molecule has 0 aromatic heterocycles. The van der Waals surface area contributed by atoms with Gasteiger partial charge in [-0.3, -0.25) is 9.59 Å². The van der Waals surface area contributed by atoms with Crippen molar-refractivity contribution in [2.75, 3.05) is 32.7 Å². The topological polar surface area (TPSA) is 86.8 Å². The summed E-state index contributed by atoms with van der Waals surface area (Å²) in [6, 6.07) is 12.9. The predicted molar refractivity (Wildman–Crippen MR) is 119 cm³/mol. The van der Waals surface area contributed by atoms with Crippen LogP contribution in [0.4, 0.5) is 0 Å². The van der Waals surface area contributed by atoms with Crippen LogP contribution >= 0.6 is 0 Å². The molecule has 2 heterocycles. The van der Waals surface area contributed by atoms with Crippen LogP contribution in [-0.4, -0.2) is 62.2 Å². The van der Waals surface area contributed by atoms with E-state index in [4.69, 9.17) is 0 Å². The van der Waals surface area contributed by atoms with Crippen molar-refractivity contribution in [3.05, 3.63) is 42.5 Å². The molecule has 2 saturated heterocycles. The van der Waals surface area contributed by atoms with Crippen molar-refractivity contribution in [3.8, 4) is 0 Å². The van der Waals surface area contributed by atoms with E-state index in [9.17, 15) is 18.0 Å². The summed E-state index contributed by atoms with van der Waals surface area (Å²) in [6.45, 7) is 2.61. The molecule has 7 nitrogen and oxygen atoms in total. The summed E-state index contributed by atoms with van der Waals surface area (Å²) in [6.07, 6.45) is 3.40. The van der Waals surface area contributed by atoms with Crippen LogP contribution in [0.5, 0.6) is 0 Å². The number of amides is 2. The van der Waals surface area contributed by atoms with Crippen LogP contribution in [0.15, 0.2) is 47.4 Å². The first-order valence-corrected chi connectivity index (χ1v) is 12.4. The second-order valence-corrected chi connectivity index (χ2v) is 10.3. The minimum absolute atomic E-state index is 0.0861. The molecule has 2 amide bonds. The van der Waals surface area contributed by atoms with Crippen molar-refractivity contribution in [2.45, 2.75) is 37.0 Å². The molecular formula is C23H29N3O4S. The lowest BCUT2D eigenvalue weighted by atomic mass is 9.97. The highest BCUT2D eigenvalue weighted by Gasteiger charge is 2.32. The van der Waals surface area contributed by atoms with Crippen molar-refractivity contribution >= 4 is 32.6 Å². The van der Waals surface area contributed by atoms with E-state index in [1.54, 1.807) is 12.1 Å². The number of nitrogens with zero attached hydrogens (tertiary/aromatic N) is 2. The summed E-state index contributed by atoms with van der Waals surface area (Å²) in [5, 5.41) is 4.75. The fourth-order valence-corrected chi connectivity index (χ4v) is 5.90. The molecule has 2 aliphatic rings. The minimum atomic E-state index is -3.59. The molecule has 166 valence electrons. The third-order valence-corrected chi connectivity index (χ3v) is 8.17. The monoisotopic (exact) mass is 443 g/mol. The molecule has 0 radical (unpaired) electrons. The molecule has 2 aromatic rings. The van der Waals surface area contributed by atoms with Crippen LogP contribution < -0.4 is 5.32 Å². The average molecular weight is 444 g/mol. The smallest absolute Gasteiger partial charge is 0.243 e. The molecule has 0 spiro atoms. The maximum atomic E-state index is 13.1. The standard InChI is InChI=1S/C23H29N3O4S/c27-22(25-13-3-4-14-25)9-12-24-23(28)19-10-15-26(16-11-19)31(29,30)21-8-7-18-5-1-2-6-20(18)17-21/h1-2,5-8,17,19H,3-4,9-16H2,(H,24,28). The SMILES string of the molecule is O=C(NCCC(=O)N1CCCC1)C1CCN(S(=O)(=O)c2ccc3ccccc3c2)CC1. The zero-order valence-corrected chi connectivity index (χ0v) is 18.4. The molecule has 0 atom stereocenters. The Kier molecular flexibility index (Phi) is 6.57. The van der Waals surface area contributed by atoms with Crippen LogP contribution in [-0.2, 0) is 19.6 Å². The Morgan fingerprint density at radius 2 is 1.61 bits per heavy atom. The van der Waals surface area contributed by atoms with E-state index in [0.717, 1.165) is 36.7 Å². The number of sulfonamides is 1. The van der Waals surface area contributed by atoms with Crippen LogP contribution in [0.3, 0.4) is 0 Å². The Balaban J connectivity index is 1.29. The number of carbonyl (C=O) groups is 2. The van der Waals surface area contributed by atoms with Gasteiger partial charge in [-0.05, 0) is 48.6 Å². The van der Waals surface area contributed by atoms with Crippen LogP contribution in [0.1, 0.15) is 32.1 Å². The van der Waals surface area contributed by atoms with Crippen molar-refractivity contribution in [3.63, 3.8) is 0 Å². The molecule has 0 aliphatic carbocycles. The van der Waals surface area contributed by atoms with Gasteiger partial charge in [0.2, 0.25) is 21.8 Å². The molecule has 0 unspecified atom stereocenters. The number of hydrogen-bond acceptors (Lipinski definition) is 4. The third-order valence-electron chi connectivity index (χ3n) is 6.28. The van der Waals surface area contributed by atoms with Crippen molar-refractivity contribution in [2.24, 2.45) is 5.92 Å². The third kappa shape index (κ3) is 4.91. The maximum absolute atomic E-state index is 13.1. The predicted octanol–water partition coefficient (Wildman–Crippen LogP) is 2.37. The zero-order valence-electron chi connectivity index (χ0n) is 17.6. The van der Waals surface area contributed by atoms with Gasteiger partial charge in [0, 0.05) is 45.1 Å². The largest absolute Gasteiger partial charge is 0.355 e. The Morgan fingerprint density at radius 3 is 2.32 bits per heavy atom. The molecule has 2 fully saturated rings. The summed E-state index contributed by atoms with van der Waals surface area (Å²) in [5.74, 6) is -0.212. The van der Waals surface area contributed by atoms with E-state index in [0.29, 0.717) is 38.9 Å². The zero-order chi connectivity index (χ0) is 21.8. The van der Waals surface area contributed by atoms with E-state index < -0.39 is 10.0 Å². The number of fused-ring (bicyclic) bond motifs is 1. The summed E-state index contributed by atoms with van der Waals surface area (Å²) in [4.78, 5) is 26.7. The van der Waals surface area contributed by atoms with Crippen LogP contribution in [0, 0.1) is 5.92 Å². The Hall–Kier alpha value is -2.45. The highest BCUT2D eigenvalue weighted by molar-refractivity contribution is 7.89. The molecule has 0 bridgehead atoms. The van der Waals surface area contributed by atoms with E-state index in [1.165, 1.54) is 4.31 Å². The number of hydrogen-bond donors (Lipinski definition) is 1. The molecule has 8 heteroatoms. The summed E-state index contributed by atoms with van der Waals surface area (Å²) < 4.78 is 27.6. The van der Waals surface area contributed by atoms with E-state index in [-0.39, 0.29) is 22.6 Å². The first-order valence-electron chi connectivity index (χ1n) is 11.0. The van der Waals surface area contributed by atoms with Gasteiger partial charge in [-0.15, -0.1) is 0 Å². The highest BCUT2D eigenvalue weighted by atomic mass is 32.2. The van der Waals surface area contributed by atoms with Gasteiger partial charge in [0.25, 0.3) is 0 Å². The van der Waals surface area contributed by atoms with E-state index in [2.05, 4.69) is 5.32 Å². The van der Waals surface area contributed by atoms with Gasteiger partial charge in [-0.1, -0.05) is 30.3 Å². The van der Waals surface area contributed by atoms with Crippen molar-refractivity contribution < 1.29 is 18.0 Å². The average Bonchev–Trinajstić information content (AvgIpc) is 3.34. The molecule has 1 N–H and O–H groups in total. The van der Waals surface area contributed by atoms with E-state index in [1.807, 2.05) is 35.2 Å². The van der Waals surface area contributed by atoms with Gasteiger partial charge in [-0.2, -0.15) is 4.31 Å². The second-order valence-electron chi connectivity index (χ2n) is 8.32. The van der Waals surface area contributed by atoms with E-state index >= 15 is 0 Å². The minimum Gasteiger partial charge on any atom is -0.355 e. The molecule has 0 saturated carbocycles.